The third-order valence-corrected chi connectivity index (χ3v) is 4.19. The summed E-state index contributed by atoms with van der Waals surface area (Å²) in [6, 6.07) is 1.44. The van der Waals surface area contributed by atoms with Gasteiger partial charge in [-0.15, -0.1) is 0 Å². The van der Waals surface area contributed by atoms with Gasteiger partial charge < -0.3 is 15.2 Å². The summed E-state index contributed by atoms with van der Waals surface area (Å²) in [6.07, 6.45) is 3.15. The topological polar surface area (TPSA) is 106 Å². The fraction of sp³-hybridized carbons (Fsp3) is 0.545. The Kier molecular flexibility index (Phi) is 3.93. The van der Waals surface area contributed by atoms with E-state index in [4.69, 9.17) is 5.14 Å². The normalized spacial score (nSPS) is 17.4. The van der Waals surface area contributed by atoms with Gasteiger partial charge in [-0.3, -0.25) is 4.79 Å². The smallest absolute Gasteiger partial charge is 0.267 e. The Morgan fingerprint density at radius 2 is 2.11 bits per heavy atom. The van der Waals surface area contributed by atoms with Crippen LogP contribution >= 0.6 is 0 Å². The molecular formula is C11H18N4O3S. The van der Waals surface area contributed by atoms with E-state index in [2.05, 4.69) is 10.6 Å². The van der Waals surface area contributed by atoms with Crippen molar-refractivity contribution in [2.75, 3.05) is 20.1 Å². The molecule has 1 aromatic rings. The van der Waals surface area contributed by atoms with E-state index in [1.54, 1.807) is 4.57 Å². The number of piperidine rings is 1. The Hall–Kier alpha value is -1.38. The summed E-state index contributed by atoms with van der Waals surface area (Å²) < 4.78 is 24.5. The molecule has 8 heteroatoms. The van der Waals surface area contributed by atoms with E-state index in [0.717, 1.165) is 25.9 Å². The molecule has 1 saturated heterocycles. The Balaban J connectivity index is 2.44. The van der Waals surface area contributed by atoms with E-state index in [1.165, 1.54) is 19.3 Å². The van der Waals surface area contributed by atoms with Gasteiger partial charge in [0, 0.05) is 19.3 Å². The molecule has 106 valence electrons. The molecule has 4 N–H and O–H groups in total. The minimum atomic E-state index is -3.80. The lowest BCUT2D eigenvalue weighted by molar-refractivity contribution is 0.0950. The molecule has 1 aliphatic heterocycles. The van der Waals surface area contributed by atoms with Crippen LogP contribution in [0.2, 0.25) is 0 Å². The highest BCUT2D eigenvalue weighted by atomic mass is 32.2. The standard InChI is InChI=1S/C11H18N4O3S/c1-13-11(16)10-6-9(19(12,17)18)7-15(10)8-2-4-14-5-3-8/h6-8,14H,2-5H2,1H3,(H,13,16)(H2,12,17,18). The first-order valence-corrected chi connectivity index (χ1v) is 7.65. The lowest BCUT2D eigenvalue weighted by Crippen LogP contribution is -2.31. The first-order chi connectivity index (χ1) is 8.93. The molecule has 1 aliphatic rings. The number of nitrogens with zero attached hydrogens (tertiary/aromatic N) is 1. The SMILES string of the molecule is CNC(=O)c1cc(S(N)(=O)=O)cn1C1CCNCC1. The summed E-state index contributed by atoms with van der Waals surface area (Å²) in [5.41, 5.74) is 0.332. The van der Waals surface area contributed by atoms with Gasteiger partial charge in [-0.25, -0.2) is 13.6 Å². The van der Waals surface area contributed by atoms with Gasteiger partial charge in [0.2, 0.25) is 10.0 Å². The molecule has 0 aromatic carbocycles. The fourth-order valence-corrected chi connectivity index (χ4v) is 2.84. The molecule has 2 heterocycles. The largest absolute Gasteiger partial charge is 0.354 e. The molecule has 1 amide bonds. The van der Waals surface area contributed by atoms with Crippen molar-refractivity contribution in [3.63, 3.8) is 0 Å². The van der Waals surface area contributed by atoms with Crippen LogP contribution in [0.15, 0.2) is 17.2 Å². The number of hydrogen-bond donors (Lipinski definition) is 3. The van der Waals surface area contributed by atoms with Crippen LogP contribution in [0.4, 0.5) is 0 Å². The number of primary sulfonamides is 1. The maximum Gasteiger partial charge on any atom is 0.267 e. The van der Waals surface area contributed by atoms with Crippen LogP contribution in [0.5, 0.6) is 0 Å². The van der Waals surface area contributed by atoms with Gasteiger partial charge in [0.05, 0.1) is 0 Å². The van der Waals surface area contributed by atoms with E-state index >= 15 is 0 Å². The minimum absolute atomic E-state index is 0.0235. The predicted octanol–water partition coefficient (Wildman–Crippen LogP) is -0.580. The van der Waals surface area contributed by atoms with Crippen LogP contribution in [0, 0.1) is 0 Å². The third kappa shape index (κ3) is 2.96. The monoisotopic (exact) mass is 286 g/mol. The second kappa shape index (κ2) is 5.32. The van der Waals surface area contributed by atoms with Gasteiger partial charge in [-0.05, 0) is 32.0 Å². The van der Waals surface area contributed by atoms with Gasteiger partial charge in [0.1, 0.15) is 10.6 Å². The van der Waals surface area contributed by atoms with Gasteiger partial charge in [0.25, 0.3) is 5.91 Å². The van der Waals surface area contributed by atoms with Crippen LogP contribution in [-0.4, -0.2) is 39.0 Å². The van der Waals surface area contributed by atoms with E-state index < -0.39 is 10.0 Å². The van der Waals surface area contributed by atoms with Crippen molar-refractivity contribution < 1.29 is 13.2 Å². The van der Waals surface area contributed by atoms with E-state index in [0.29, 0.717) is 5.69 Å². The Morgan fingerprint density at radius 3 is 2.63 bits per heavy atom. The molecule has 0 atom stereocenters. The molecular weight excluding hydrogens is 268 g/mol. The van der Waals surface area contributed by atoms with Gasteiger partial charge in [-0.1, -0.05) is 0 Å². The van der Waals surface area contributed by atoms with Crippen LogP contribution in [0.25, 0.3) is 0 Å². The zero-order valence-corrected chi connectivity index (χ0v) is 11.5. The number of amides is 1. The number of sulfonamides is 1. The number of nitrogens with two attached hydrogens (primary N) is 1. The van der Waals surface area contributed by atoms with Crippen molar-refractivity contribution >= 4 is 15.9 Å². The van der Waals surface area contributed by atoms with Crippen molar-refractivity contribution in [3.05, 3.63) is 18.0 Å². The molecule has 0 radical (unpaired) electrons. The fourth-order valence-electron chi connectivity index (χ4n) is 2.31. The quantitative estimate of drug-likeness (QED) is 0.691. The Morgan fingerprint density at radius 1 is 1.47 bits per heavy atom. The zero-order chi connectivity index (χ0) is 14.0. The van der Waals surface area contributed by atoms with Gasteiger partial charge >= 0.3 is 0 Å². The minimum Gasteiger partial charge on any atom is -0.354 e. The van der Waals surface area contributed by atoms with Crippen LogP contribution in [-0.2, 0) is 10.0 Å². The van der Waals surface area contributed by atoms with E-state index in [-0.39, 0.29) is 16.8 Å². The first kappa shape index (κ1) is 14.0. The number of rotatable bonds is 3. The first-order valence-electron chi connectivity index (χ1n) is 6.11. The summed E-state index contributed by atoms with van der Waals surface area (Å²) >= 11 is 0. The highest BCUT2D eigenvalue weighted by Crippen LogP contribution is 2.24. The Bertz CT molecular complexity index is 573. The van der Waals surface area contributed by atoms with E-state index in [1.807, 2.05) is 0 Å². The van der Waals surface area contributed by atoms with Crippen LogP contribution < -0.4 is 15.8 Å². The van der Waals surface area contributed by atoms with E-state index in [9.17, 15) is 13.2 Å². The molecule has 0 aliphatic carbocycles. The molecule has 7 nitrogen and oxygen atoms in total. The van der Waals surface area contributed by atoms with Gasteiger partial charge in [0.15, 0.2) is 0 Å². The average molecular weight is 286 g/mol. The zero-order valence-electron chi connectivity index (χ0n) is 10.7. The van der Waals surface area contributed by atoms with Crippen LogP contribution in [0.1, 0.15) is 29.4 Å². The molecule has 1 fully saturated rings. The van der Waals surface area contributed by atoms with Crippen molar-refractivity contribution in [1.29, 1.82) is 0 Å². The predicted molar refractivity (Wildman–Crippen MR) is 70.3 cm³/mol. The van der Waals surface area contributed by atoms with Crippen LogP contribution in [0.3, 0.4) is 0 Å². The summed E-state index contributed by atoms with van der Waals surface area (Å²) in [6.45, 7) is 1.70. The Labute approximate surface area is 112 Å². The molecule has 0 saturated carbocycles. The number of carbonyl (C=O) groups is 1. The molecule has 2 rings (SSSR count). The second-order valence-electron chi connectivity index (χ2n) is 4.57. The maximum atomic E-state index is 11.8. The molecule has 0 unspecified atom stereocenters. The lowest BCUT2D eigenvalue weighted by atomic mass is 10.1. The summed E-state index contributed by atoms with van der Waals surface area (Å²) in [4.78, 5) is 11.8. The van der Waals surface area contributed by atoms with Gasteiger partial charge in [-0.2, -0.15) is 0 Å². The molecule has 19 heavy (non-hydrogen) atoms. The molecule has 0 bridgehead atoms. The third-order valence-electron chi connectivity index (χ3n) is 3.31. The van der Waals surface area contributed by atoms with Crippen molar-refractivity contribution in [1.82, 2.24) is 15.2 Å². The maximum absolute atomic E-state index is 11.8. The summed E-state index contributed by atoms with van der Waals surface area (Å²) in [7, 11) is -2.29. The number of hydrogen-bond acceptors (Lipinski definition) is 4. The summed E-state index contributed by atoms with van der Waals surface area (Å²) in [5.74, 6) is -0.312. The number of carbonyl (C=O) groups excluding carboxylic acids is 1. The summed E-state index contributed by atoms with van der Waals surface area (Å²) in [5, 5.41) is 10.9. The molecule has 0 spiro atoms. The highest BCUT2D eigenvalue weighted by Gasteiger charge is 2.24. The second-order valence-corrected chi connectivity index (χ2v) is 6.14. The average Bonchev–Trinajstić information content (AvgIpc) is 2.83. The lowest BCUT2D eigenvalue weighted by Gasteiger charge is -2.25. The molecule has 1 aromatic heterocycles. The highest BCUT2D eigenvalue weighted by molar-refractivity contribution is 7.89. The number of nitrogens with one attached hydrogen (secondary N) is 2. The number of aromatic nitrogens is 1. The van der Waals surface area contributed by atoms with Crippen molar-refractivity contribution in [3.8, 4) is 0 Å². The van der Waals surface area contributed by atoms with Crippen molar-refractivity contribution in [2.45, 2.75) is 23.8 Å². The van der Waals surface area contributed by atoms with Crippen molar-refractivity contribution in [2.24, 2.45) is 5.14 Å².